The van der Waals surface area contributed by atoms with Gasteiger partial charge >= 0.3 is 6.03 Å². The summed E-state index contributed by atoms with van der Waals surface area (Å²) in [6.45, 7) is 2.52. The van der Waals surface area contributed by atoms with E-state index in [1.165, 1.54) is 24.8 Å². The summed E-state index contributed by atoms with van der Waals surface area (Å²) >= 11 is 0. The number of urea groups is 1. The number of hydrogen-bond acceptors (Lipinski definition) is 3. The molecule has 6 heteroatoms. The van der Waals surface area contributed by atoms with Crippen LogP contribution in [0.3, 0.4) is 0 Å². The number of rotatable bonds is 4. The van der Waals surface area contributed by atoms with Crippen LogP contribution in [0.15, 0.2) is 24.3 Å². The minimum absolute atomic E-state index is 0.292. The Balaban J connectivity index is 1.49. The van der Waals surface area contributed by atoms with Crippen LogP contribution in [0.5, 0.6) is 0 Å². The quantitative estimate of drug-likeness (QED) is 0.808. The smallest absolute Gasteiger partial charge is 0.321 e. The highest BCUT2D eigenvalue weighted by molar-refractivity contribution is 5.87. The second-order valence-electron chi connectivity index (χ2n) is 6.17. The number of carbonyl (C=O) groups excluding carboxylic acids is 1. The van der Waals surface area contributed by atoms with Crippen LogP contribution in [0.4, 0.5) is 10.7 Å². The first kappa shape index (κ1) is 15.5. The number of nitrogens with zero attached hydrogens (tertiary/aromatic N) is 2. The number of carbonyl (C=O) groups is 1. The SMILES string of the molecule is Cc1ccc(CNC(=O)Nc2n[nH]c(C3CCCCC3)n2)cc1. The molecule has 0 radical (unpaired) electrons. The Morgan fingerprint density at radius 3 is 2.70 bits per heavy atom. The Morgan fingerprint density at radius 1 is 1.22 bits per heavy atom. The molecule has 0 unspecified atom stereocenters. The minimum atomic E-state index is -0.292. The first-order valence-corrected chi connectivity index (χ1v) is 8.23. The van der Waals surface area contributed by atoms with E-state index < -0.39 is 0 Å². The summed E-state index contributed by atoms with van der Waals surface area (Å²) in [6, 6.07) is 7.77. The van der Waals surface area contributed by atoms with Crippen LogP contribution in [0.1, 0.15) is 55.0 Å². The third-order valence-corrected chi connectivity index (χ3v) is 4.29. The molecule has 0 aliphatic heterocycles. The molecule has 2 amide bonds. The number of nitrogens with one attached hydrogen (secondary N) is 3. The third kappa shape index (κ3) is 4.31. The summed E-state index contributed by atoms with van der Waals surface area (Å²) in [5, 5.41) is 12.5. The van der Waals surface area contributed by atoms with Gasteiger partial charge in [-0.2, -0.15) is 4.98 Å². The predicted octanol–water partition coefficient (Wildman–Crippen LogP) is 3.48. The molecule has 0 spiro atoms. The van der Waals surface area contributed by atoms with Gasteiger partial charge < -0.3 is 5.32 Å². The highest BCUT2D eigenvalue weighted by Gasteiger charge is 2.19. The average Bonchev–Trinajstić information content (AvgIpc) is 3.04. The standard InChI is InChI=1S/C17H23N5O/c1-12-7-9-13(10-8-12)11-18-17(23)20-16-19-15(21-22-16)14-5-3-2-4-6-14/h7-10,14H,2-6,11H2,1H3,(H3,18,19,20,21,22,23). The minimum Gasteiger partial charge on any atom is -0.334 e. The lowest BCUT2D eigenvalue weighted by Crippen LogP contribution is -2.28. The van der Waals surface area contributed by atoms with Gasteiger partial charge in [0.2, 0.25) is 5.95 Å². The first-order valence-electron chi connectivity index (χ1n) is 8.23. The lowest BCUT2D eigenvalue weighted by atomic mass is 9.89. The molecule has 0 saturated heterocycles. The van der Waals surface area contributed by atoms with E-state index in [1.54, 1.807) is 0 Å². The Hall–Kier alpha value is -2.37. The van der Waals surface area contributed by atoms with Gasteiger partial charge in [0.15, 0.2) is 0 Å². The van der Waals surface area contributed by atoms with E-state index in [0.29, 0.717) is 18.4 Å². The molecule has 1 aromatic heterocycles. The van der Waals surface area contributed by atoms with Crippen LogP contribution in [-0.4, -0.2) is 21.2 Å². The van der Waals surface area contributed by atoms with Crippen molar-refractivity contribution >= 4 is 12.0 Å². The number of H-pyrrole nitrogens is 1. The summed E-state index contributed by atoms with van der Waals surface area (Å²) in [5.74, 6) is 1.67. The number of hydrogen-bond donors (Lipinski definition) is 3. The van der Waals surface area contributed by atoms with E-state index >= 15 is 0 Å². The zero-order valence-electron chi connectivity index (χ0n) is 13.4. The topological polar surface area (TPSA) is 82.7 Å². The van der Waals surface area contributed by atoms with Crippen molar-refractivity contribution in [1.29, 1.82) is 0 Å². The van der Waals surface area contributed by atoms with Crippen LogP contribution in [0, 0.1) is 6.92 Å². The van der Waals surface area contributed by atoms with Crippen molar-refractivity contribution in [3.8, 4) is 0 Å². The van der Waals surface area contributed by atoms with Crippen molar-refractivity contribution in [2.75, 3.05) is 5.32 Å². The lowest BCUT2D eigenvalue weighted by molar-refractivity contribution is 0.251. The van der Waals surface area contributed by atoms with Crippen molar-refractivity contribution < 1.29 is 4.79 Å². The van der Waals surface area contributed by atoms with Gasteiger partial charge in [0, 0.05) is 12.5 Å². The number of benzene rings is 1. The van der Waals surface area contributed by atoms with Crippen molar-refractivity contribution in [3.05, 3.63) is 41.2 Å². The number of anilines is 1. The van der Waals surface area contributed by atoms with E-state index in [1.807, 2.05) is 31.2 Å². The van der Waals surface area contributed by atoms with E-state index in [9.17, 15) is 4.79 Å². The molecule has 1 saturated carbocycles. The fraction of sp³-hybridized carbons (Fsp3) is 0.471. The van der Waals surface area contributed by atoms with Crippen LogP contribution < -0.4 is 10.6 Å². The molecule has 1 aliphatic rings. The Bertz CT molecular complexity index is 643. The lowest BCUT2D eigenvalue weighted by Gasteiger charge is -2.18. The molecule has 23 heavy (non-hydrogen) atoms. The molecule has 6 nitrogen and oxygen atoms in total. The molecule has 3 rings (SSSR count). The normalized spacial score (nSPS) is 15.3. The van der Waals surface area contributed by atoms with Gasteiger partial charge in [0.1, 0.15) is 5.82 Å². The second-order valence-corrected chi connectivity index (χ2v) is 6.17. The number of aryl methyl sites for hydroxylation is 1. The van der Waals surface area contributed by atoms with Crippen LogP contribution in [0.2, 0.25) is 0 Å². The molecule has 1 aromatic carbocycles. The van der Waals surface area contributed by atoms with Crippen molar-refractivity contribution in [3.63, 3.8) is 0 Å². The van der Waals surface area contributed by atoms with Crippen molar-refractivity contribution in [2.24, 2.45) is 0 Å². The van der Waals surface area contributed by atoms with Crippen LogP contribution >= 0.6 is 0 Å². The second kappa shape index (κ2) is 7.26. The zero-order valence-corrected chi connectivity index (χ0v) is 13.4. The van der Waals surface area contributed by atoms with Crippen molar-refractivity contribution in [2.45, 2.75) is 51.5 Å². The zero-order chi connectivity index (χ0) is 16.1. The van der Waals surface area contributed by atoms with Gasteiger partial charge in [-0.25, -0.2) is 4.79 Å². The Labute approximate surface area is 136 Å². The number of aromatic amines is 1. The first-order chi connectivity index (χ1) is 11.2. The number of amides is 2. The Kier molecular flexibility index (Phi) is 4.90. The summed E-state index contributed by atoms with van der Waals surface area (Å²) in [5.41, 5.74) is 2.26. The fourth-order valence-corrected chi connectivity index (χ4v) is 2.92. The van der Waals surface area contributed by atoms with Gasteiger partial charge in [-0.1, -0.05) is 49.1 Å². The van der Waals surface area contributed by atoms with Crippen molar-refractivity contribution in [1.82, 2.24) is 20.5 Å². The maximum absolute atomic E-state index is 11.9. The maximum atomic E-state index is 11.9. The summed E-state index contributed by atoms with van der Waals surface area (Å²) in [6.07, 6.45) is 6.08. The highest BCUT2D eigenvalue weighted by atomic mass is 16.2. The number of aromatic nitrogens is 3. The van der Waals surface area contributed by atoms with E-state index in [-0.39, 0.29) is 6.03 Å². The molecule has 1 fully saturated rings. The van der Waals surface area contributed by atoms with E-state index in [4.69, 9.17) is 0 Å². The fourth-order valence-electron chi connectivity index (χ4n) is 2.92. The molecular formula is C17H23N5O. The van der Waals surface area contributed by atoms with Gasteiger partial charge in [-0.05, 0) is 25.3 Å². The molecular weight excluding hydrogens is 290 g/mol. The van der Waals surface area contributed by atoms with Gasteiger partial charge in [0.25, 0.3) is 0 Å². The summed E-state index contributed by atoms with van der Waals surface area (Å²) in [4.78, 5) is 16.3. The molecule has 122 valence electrons. The van der Waals surface area contributed by atoms with Gasteiger partial charge in [0.05, 0.1) is 0 Å². The summed E-state index contributed by atoms with van der Waals surface area (Å²) in [7, 11) is 0. The monoisotopic (exact) mass is 313 g/mol. The predicted molar refractivity (Wildman–Crippen MR) is 89.2 cm³/mol. The van der Waals surface area contributed by atoms with E-state index in [2.05, 4.69) is 25.8 Å². The summed E-state index contributed by atoms with van der Waals surface area (Å²) < 4.78 is 0. The molecule has 2 aromatic rings. The molecule has 1 heterocycles. The maximum Gasteiger partial charge on any atom is 0.321 e. The highest BCUT2D eigenvalue weighted by Crippen LogP contribution is 2.30. The largest absolute Gasteiger partial charge is 0.334 e. The third-order valence-electron chi connectivity index (χ3n) is 4.29. The molecule has 0 atom stereocenters. The van der Waals surface area contributed by atoms with Gasteiger partial charge in [-0.3, -0.25) is 10.4 Å². The van der Waals surface area contributed by atoms with Gasteiger partial charge in [-0.15, -0.1) is 5.10 Å². The molecule has 3 N–H and O–H groups in total. The van der Waals surface area contributed by atoms with Crippen LogP contribution in [-0.2, 0) is 6.54 Å². The molecule has 0 bridgehead atoms. The van der Waals surface area contributed by atoms with E-state index in [0.717, 1.165) is 24.2 Å². The average molecular weight is 313 g/mol. The Morgan fingerprint density at radius 2 is 1.96 bits per heavy atom. The molecule has 1 aliphatic carbocycles. The van der Waals surface area contributed by atoms with Crippen LogP contribution in [0.25, 0.3) is 0 Å².